The highest BCUT2D eigenvalue weighted by Gasteiger charge is 2.27. The Hall–Kier alpha value is -1.21. The Morgan fingerprint density at radius 2 is 2.14 bits per heavy atom. The van der Waals surface area contributed by atoms with E-state index in [1.54, 1.807) is 11.3 Å². The maximum atomic E-state index is 12.4. The summed E-state index contributed by atoms with van der Waals surface area (Å²) in [7, 11) is 0. The summed E-state index contributed by atoms with van der Waals surface area (Å²) >= 11 is 3.27. The van der Waals surface area contributed by atoms with Gasteiger partial charge in [0.25, 0.3) is 5.91 Å². The Morgan fingerprint density at radius 3 is 2.77 bits per heavy atom. The highest BCUT2D eigenvalue weighted by Crippen LogP contribution is 2.18. The Morgan fingerprint density at radius 1 is 1.32 bits per heavy atom. The van der Waals surface area contributed by atoms with Crippen molar-refractivity contribution in [1.82, 2.24) is 5.32 Å². The molecule has 118 valence electrons. The van der Waals surface area contributed by atoms with Gasteiger partial charge in [-0.25, -0.2) is 0 Å². The third kappa shape index (κ3) is 3.57. The van der Waals surface area contributed by atoms with Crippen LogP contribution in [0.15, 0.2) is 29.0 Å². The lowest BCUT2D eigenvalue weighted by atomic mass is 10.2. The monoisotopic (exact) mass is 337 g/mol. The van der Waals surface area contributed by atoms with Crippen LogP contribution in [0.3, 0.4) is 0 Å². The molecule has 3 heterocycles. The molecule has 4 nitrogen and oxygen atoms in total. The van der Waals surface area contributed by atoms with E-state index in [0.29, 0.717) is 12.6 Å². The summed E-state index contributed by atoms with van der Waals surface area (Å²) in [5.74, 6) is 0.0433. The van der Waals surface area contributed by atoms with E-state index in [-0.39, 0.29) is 5.91 Å². The SMILES string of the molecule is Cc1ccsc1C(=O)NC[C@@H](c1cccs1)[NH+]1CCOCC1. The third-order valence-corrected chi connectivity index (χ3v) is 6.05. The molecular formula is C16H21N2O2S2+. The summed E-state index contributed by atoms with van der Waals surface area (Å²) in [6, 6.07) is 6.55. The number of aryl methyl sites for hydroxylation is 1. The van der Waals surface area contributed by atoms with Gasteiger partial charge >= 0.3 is 0 Å². The number of ether oxygens (including phenoxy) is 1. The highest BCUT2D eigenvalue weighted by molar-refractivity contribution is 7.12. The minimum atomic E-state index is 0.0433. The second-order valence-corrected chi connectivity index (χ2v) is 7.38. The number of carbonyl (C=O) groups excluding carboxylic acids is 1. The van der Waals surface area contributed by atoms with Crippen LogP contribution in [0.2, 0.25) is 0 Å². The molecule has 0 spiro atoms. The van der Waals surface area contributed by atoms with Crippen molar-refractivity contribution in [3.05, 3.63) is 44.3 Å². The molecule has 1 saturated heterocycles. The zero-order valence-corrected chi connectivity index (χ0v) is 14.3. The summed E-state index contributed by atoms with van der Waals surface area (Å²) < 4.78 is 5.46. The molecule has 0 unspecified atom stereocenters. The number of nitrogens with one attached hydrogen (secondary N) is 2. The number of quaternary nitrogens is 1. The van der Waals surface area contributed by atoms with E-state index < -0.39 is 0 Å². The standard InChI is InChI=1S/C16H20N2O2S2/c1-12-4-10-22-15(12)16(19)17-11-13(14-3-2-9-21-14)18-5-7-20-8-6-18/h2-4,9-10,13H,5-8,11H2,1H3,(H,17,19)/p+1/t13-/m0/s1. The number of thiophene rings is 2. The number of rotatable bonds is 5. The molecule has 3 rings (SSSR count). The van der Waals surface area contributed by atoms with Gasteiger partial charge in [-0.2, -0.15) is 0 Å². The van der Waals surface area contributed by atoms with E-state index in [1.165, 1.54) is 21.1 Å². The van der Waals surface area contributed by atoms with Gasteiger partial charge in [-0.1, -0.05) is 6.07 Å². The van der Waals surface area contributed by atoms with Gasteiger partial charge in [0.15, 0.2) is 0 Å². The van der Waals surface area contributed by atoms with Crippen molar-refractivity contribution in [2.45, 2.75) is 13.0 Å². The lowest BCUT2D eigenvalue weighted by Crippen LogP contribution is -3.15. The topological polar surface area (TPSA) is 42.8 Å². The minimum absolute atomic E-state index is 0.0433. The Kier molecular flexibility index (Phi) is 5.25. The molecule has 1 atom stereocenters. The molecule has 1 aliphatic heterocycles. The smallest absolute Gasteiger partial charge is 0.261 e. The summed E-state index contributed by atoms with van der Waals surface area (Å²) in [6.07, 6.45) is 0. The van der Waals surface area contributed by atoms with Crippen LogP contribution in [0.25, 0.3) is 0 Å². The predicted molar refractivity (Wildman–Crippen MR) is 90.0 cm³/mol. The first-order valence-electron chi connectivity index (χ1n) is 7.53. The number of morpholine rings is 1. The molecule has 0 radical (unpaired) electrons. The van der Waals surface area contributed by atoms with Gasteiger partial charge in [0.2, 0.25) is 0 Å². The van der Waals surface area contributed by atoms with E-state index >= 15 is 0 Å². The van der Waals surface area contributed by atoms with Crippen molar-refractivity contribution < 1.29 is 14.4 Å². The van der Waals surface area contributed by atoms with Crippen LogP contribution in [-0.4, -0.2) is 38.8 Å². The van der Waals surface area contributed by atoms with Gasteiger partial charge in [-0.3, -0.25) is 4.79 Å². The normalized spacial score (nSPS) is 17.3. The predicted octanol–water partition coefficient (Wildman–Crippen LogP) is 1.50. The van der Waals surface area contributed by atoms with E-state index in [2.05, 4.69) is 22.8 Å². The molecule has 0 aromatic carbocycles. The summed E-state index contributed by atoms with van der Waals surface area (Å²) in [4.78, 5) is 16.0. The van der Waals surface area contributed by atoms with Crippen molar-refractivity contribution in [2.75, 3.05) is 32.8 Å². The third-order valence-electron chi connectivity index (χ3n) is 4.05. The molecule has 22 heavy (non-hydrogen) atoms. The number of hydrogen-bond acceptors (Lipinski definition) is 4. The number of amides is 1. The first kappa shape index (κ1) is 15.7. The van der Waals surface area contributed by atoms with Crippen molar-refractivity contribution in [3.8, 4) is 0 Å². The molecule has 2 aromatic heterocycles. The van der Waals surface area contributed by atoms with Crippen LogP contribution in [0, 0.1) is 6.92 Å². The molecule has 1 aliphatic rings. The summed E-state index contributed by atoms with van der Waals surface area (Å²) in [5, 5.41) is 7.20. The lowest BCUT2D eigenvalue weighted by Gasteiger charge is -2.31. The molecule has 0 bridgehead atoms. The van der Waals surface area contributed by atoms with Crippen LogP contribution >= 0.6 is 22.7 Å². The summed E-state index contributed by atoms with van der Waals surface area (Å²) in [6.45, 7) is 6.25. The second kappa shape index (κ2) is 7.37. The van der Waals surface area contributed by atoms with Crippen molar-refractivity contribution in [3.63, 3.8) is 0 Å². The largest absolute Gasteiger partial charge is 0.370 e. The molecule has 0 saturated carbocycles. The van der Waals surface area contributed by atoms with Crippen molar-refractivity contribution >= 4 is 28.6 Å². The summed E-state index contributed by atoms with van der Waals surface area (Å²) in [5.41, 5.74) is 1.05. The Labute approximate surface area is 138 Å². The molecule has 1 fully saturated rings. The first-order valence-corrected chi connectivity index (χ1v) is 9.29. The fourth-order valence-electron chi connectivity index (χ4n) is 2.80. The van der Waals surface area contributed by atoms with Crippen LogP contribution in [-0.2, 0) is 4.74 Å². The Bertz CT molecular complexity index is 603. The van der Waals surface area contributed by atoms with E-state index in [4.69, 9.17) is 4.74 Å². The van der Waals surface area contributed by atoms with Gasteiger partial charge < -0.3 is 15.0 Å². The second-order valence-electron chi connectivity index (χ2n) is 5.48. The van der Waals surface area contributed by atoms with Crippen LogP contribution in [0.5, 0.6) is 0 Å². The number of carbonyl (C=O) groups is 1. The molecule has 1 amide bonds. The van der Waals surface area contributed by atoms with Gasteiger partial charge in [-0.05, 0) is 35.4 Å². The molecule has 6 heteroatoms. The van der Waals surface area contributed by atoms with Crippen molar-refractivity contribution in [2.24, 2.45) is 0 Å². The van der Waals surface area contributed by atoms with E-state index in [1.807, 2.05) is 18.4 Å². The van der Waals surface area contributed by atoms with Gasteiger partial charge in [-0.15, -0.1) is 22.7 Å². The fraction of sp³-hybridized carbons (Fsp3) is 0.438. The zero-order valence-electron chi connectivity index (χ0n) is 12.6. The Balaban J connectivity index is 1.68. The van der Waals surface area contributed by atoms with Gasteiger partial charge in [0, 0.05) is 0 Å². The maximum absolute atomic E-state index is 12.4. The average Bonchev–Trinajstić information content (AvgIpc) is 3.20. The van der Waals surface area contributed by atoms with Gasteiger partial charge in [0.05, 0.1) is 29.5 Å². The molecule has 0 aliphatic carbocycles. The van der Waals surface area contributed by atoms with Crippen molar-refractivity contribution in [1.29, 1.82) is 0 Å². The molecule has 2 N–H and O–H groups in total. The molecule has 2 aromatic rings. The lowest BCUT2D eigenvalue weighted by molar-refractivity contribution is -0.937. The maximum Gasteiger partial charge on any atom is 0.261 e. The van der Waals surface area contributed by atoms with Crippen LogP contribution in [0.4, 0.5) is 0 Å². The first-order chi connectivity index (χ1) is 10.8. The molecular weight excluding hydrogens is 316 g/mol. The highest BCUT2D eigenvalue weighted by atomic mass is 32.1. The fourth-order valence-corrected chi connectivity index (χ4v) is 4.53. The van der Waals surface area contributed by atoms with Gasteiger partial charge in [0.1, 0.15) is 19.1 Å². The minimum Gasteiger partial charge on any atom is -0.370 e. The number of hydrogen-bond donors (Lipinski definition) is 2. The van der Waals surface area contributed by atoms with Crippen LogP contribution in [0.1, 0.15) is 26.2 Å². The zero-order chi connectivity index (χ0) is 15.4. The van der Waals surface area contributed by atoms with E-state index in [0.717, 1.165) is 36.7 Å². The van der Waals surface area contributed by atoms with E-state index in [9.17, 15) is 4.79 Å². The van der Waals surface area contributed by atoms with Crippen LogP contribution < -0.4 is 10.2 Å². The average molecular weight is 337 g/mol. The quantitative estimate of drug-likeness (QED) is 0.868.